The molecular formula is C20H28N2O2S. The molecule has 5 heteroatoms. The number of amides is 2. The van der Waals surface area contributed by atoms with Gasteiger partial charge in [-0.25, -0.2) is 0 Å². The summed E-state index contributed by atoms with van der Waals surface area (Å²) < 4.78 is 0. The number of rotatable bonds is 4. The van der Waals surface area contributed by atoms with Crippen LogP contribution in [0.1, 0.15) is 36.8 Å². The maximum absolute atomic E-state index is 12.5. The highest BCUT2D eigenvalue weighted by molar-refractivity contribution is 8.00. The average molecular weight is 361 g/mol. The Hall–Kier alpha value is -1.49. The first-order chi connectivity index (χ1) is 12.0. The predicted molar refractivity (Wildman–Crippen MR) is 102 cm³/mol. The largest absolute Gasteiger partial charge is 0.339 e. The highest BCUT2D eigenvalue weighted by Gasteiger charge is 2.30. The Kier molecular flexibility index (Phi) is 6.05. The van der Waals surface area contributed by atoms with Crippen LogP contribution in [0.15, 0.2) is 23.1 Å². The number of nitrogens with zero attached hydrogens (tertiary/aromatic N) is 2. The van der Waals surface area contributed by atoms with Crippen molar-refractivity contribution >= 4 is 23.6 Å². The van der Waals surface area contributed by atoms with Crippen LogP contribution in [-0.4, -0.2) is 53.5 Å². The number of carbonyl (C=O) groups excluding carboxylic acids is 2. The lowest BCUT2D eigenvalue weighted by Gasteiger charge is -2.36. The first kappa shape index (κ1) is 18.3. The Labute approximate surface area is 154 Å². The molecule has 0 unspecified atom stereocenters. The van der Waals surface area contributed by atoms with E-state index in [1.165, 1.54) is 28.9 Å². The predicted octanol–water partition coefficient (Wildman–Crippen LogP) is 3.26. The van der Waals surface area contributed by atoms with Gasteiger partial charge in [-0.1, -0.05) is 30.5 Å². The SMILES string of the molecule is Cc1ccc(C)c(SCC(=O)N2CCN(C(=O)C3CCCC3)CC2)c1. The van der Waals surface area contributed by atoms with E-state index in [1.807, 2.05) is 9.80 Å². The Bertz CT molecular complexity index is 633. The first-order valence-electron chi connectivity index (χ1n) is 9.31. The molecule has 25 heavy (non-hydrogen) atoms. The van der Waals surface area contributed by atoms with Gasteiger partial charge < -0.3 is 9.80 Å². The van der Waals surface area contributed by atoms with E-state index in [2.05, 4.69) is 32.0 Å². The molecule has 1 aliphatic carbocycles. The maximum Gasteiger partial charge on any atom is 0.233 e. The summed E-state index contributed by atoms with van der Waals surface area (Å²) in [5.41, 5.74) is 2.44. The van der Waals surface area contributed by atoms with Crippen LogP contribution in [0.4, 0.5) is 0 Å². The fraction of sp³-hybridized carbons (Fsp3) is 0.600. The van der Waals surface area contributed by atoms with Gasteiger partial charge in [0.25, 0.3) is 0 Å². The van der Waals surface area contributed by atoms with Crippen LogP contribution >= 0.6 is 11.8 Å². The molecule has 1 aliphatic heterocycles. The topological polar surface area (TPSA) is 40.6 Å². The van der Waals surface area contributed by atoms with Crippen LogP contribution in [0, 0.1) is 19.8 Å². The van der Waals surface area contributed by atoms with E-state index in [0.717, 1.165) is 12.8 Å². The van der Waals surface area contributed by atoms with E-state index in [0.29, 0.717) is 37.8 Å². The van der Waals surface area contributed by atoms with Gasteiger partial charge in [0.15, 0.2) is 0 Å². The molecule has 0 radical (unpaired) electrons. The Morgan fingerprint density at radius 2 is 1.68 bits per heavy atom. The summed E-state index contributed by atoms with van der Waals surface area (Å²) in [5.74, 6) is 1.20. The second-order valence-electron chi connectivity index (χ2n) is 7.25. The molecule has 1 heterocycles. The molecule has 1 aromatic rings. The van der Waals surface area contributed by atoms with Crippen molar-refractivity contribution < 1.29 is 9.59 Å². The highest BCUT2D eigenvalue weighted by atomic mass is 32.2. The Morgan fingerprint density at radius 3 is 2.36 bits per heavy atom. The number of benzene rings is 1. The number of carbonyl (C=O) groups is 2. The minimum Gasteiger partial charge on any atom is -0.339 e. The van der Waals surface area contributed by atoms with Crippen LogP contribution < -0.4 is 0 Å². The summed E-state index contributed by atoms with van der Waals surface area (Å²) in [6.45, 7) is 6.88. The average Bonchev–Trinajstić information content (AvgIpc) is 3.16. The molecule has 1 saturated heterocycles. The van der Waals surface area contributed by atoms with Gasteiger partial charge in [0, 0.05) is 37.0 Å². The highest BCUT2D eigenvalue weighted by Crippen LogP contribution is 2.27. The lowest BCUT2D eigenvalue weighted by molar-refractivity contribution is -0.141. The molecule has 0 aromatic heterocycles. The Balaban J connectivity index is 1.46. The zero-order valence-corrected chi connectivity index (χ0v) is 16.1. The second kappa shape index (κ2) is 8.26. The summed E-state index contributed by atoms with van der Waals surface area (Å²) in [6, 6.07) is 6.35. The lowest BCUT2D eigenvalue weighted by atomic mass is 10.1. The monoisotopic (exact) mass is 360 g/mol. The van der Waals surface area contributed by atoms with Crippen molar-refractivity contribution in [3.63, 3.8) is 0 Å². The summed E-state index contributed by atoms with van der Waals surface area (Å²) in [4.78, 5) is 30.0. The van der Waals surface area contributed by atoms with Crippen molar-refractivity contribution in [2.24, 2.45) is 5.92 Å². The van der Waals surface area contributed by atoms with E-state index in [-0.39, 0.29) is 11.8 Å². The molecule has 136 valence electrons. The van der Waals surface area contributed by atoms with Crippen molar-refractivity contribution in [3.8, 4) is 0 Å². The number of hydrogen-bond acceptors (Lipinski definition) is 3. The van der Waals surface area contributed by atoms with E-state index in [1.54, 1.807) is 11.8 Å². The van der Waals surface area contributed by atoms with Crippen molar-refractivity contribution in [3.05, 3.63) is 29.3 Å². The molecule has 2 amide bonds. The van der Waals surface area contributed by atoms with Gasteiger partial charge >= 0.3 is 0 Å². The smallest absolute Gasteiger partial charge is 0.233 e. The van der Waals surface area contributed by atoms with Gasteiger partial charge in [-0.3, -0.25) is 9.59 Å². The molecule has 4 nitrogen and oxygen atoms in total. The molecule has 2 fully saturated rings. The van der Waals surface area contributed by atoms with Gasteiger partial charge in [-0.05, 0) is 38.3 Å². The van der Waals surface area contributed by atoms with Crippen molar-refractivity contribution in [1.82, 2.24) is 9.80 Å². The van der Waals surface area contributed by atoms with Crippen molar-refractivity contribution in [2.45, 2.75) is 44.4 Å². The third-order valence-electron chi connectivity index (χ3n) is 5.34. The van der Waals surface area contributed by atoms with Crippen molar-refractivity contribution in [2.75, 3.05) is 31.9 Å². The van der Waals surface area contributed by atoms with E-state index in [4.69, 9.17) is 0 Å². The maximum atomic E-state index is 12.5. The van der Waals surface area contributed by atoms with Gasteiger partial charge in [0.1, 0.15) is 0 Å². The number of piperazine rings is 1. The number of hydrogen-bond donors (Lipinski definition) is 0. The molecule has 1 aromatic carbocycles. The minimum atomic E-state index is 0.180. The third kappa shape index (κ3) is 4.57. The van der Waals surface area contributed by atoms with E-state index in [9.17, 15) is 9.59 Å². The fourth-order valence-corrected chi connectivity index (χ4v) is 4.73. The standard InChI is InChI=1S/C20H28N2O2S/c1-15-7-8-16(2)18(13-15)25-14-19(23)21-9-11-22(12-10-21)20(24)17-5-3-4-6-17/h7-8,13,17H,3-6,9-12,14H2,1-2H3. The van der Waals surface area contributed by atoms with Gasteiger partial charge in [0.05, 0.1) is 5.75 Å². The normalized spacial score (nSPS) is 18.6. The molecule has 0 bridgehead atoms. The van der Waals surface area contributed by atoms with E-state index >= 15 is 0 Å². The van der Waals surface area contributed by atoms with E-state index < -0.39 is 0 Å². The first-order valence-corrected chi connectivity index (χ1v) is 10.3. The van der Waals surface area contributed by atoms with Crippen LogP contribution in [0.3, 0.4) is 0 Å². The summed E-state index contributed by atoms with van der Waals surface area (Å²) in [5, 5.41) is 0. The summed E-state index contributed by atoms with van der Waals surface area (Å²) in [7, 11) is 0. The lowest BCUT2D eigenvalue weighted by Crippen LogP contribution is -2.52. The number of aryl methyl sites for hydroxylation is 2. The summed E-state index contributed by atoms with van der Waals surface area (Å²) in [6.07, 6.45) is 4.46. The molecule has 1 saturated carbocycles. The molecule has 0 spiro atoms. The van der Waals surface area contributed by atoms with Gasteiger partial charge in [-0.2, -0.15) is 0 Å². The quantitative estimate of drug-likeness (QED) is 0.774. The van der Waals surface area contributed by atoms with Crippen LogP contribution in [0.25, 0.3) is 0 Å². The molecule has 0 atom stereocenters. The van der Waals surface area contributed by atoms with Gasteiger partial charge in [0.2, 0.25) is 11.8 Å². The van der Waals surface area contributed by atoms with Crippen LogP contribution in [-0.2, 0) is 9.59 Å². The minimum absolute atomic E-state index is 0.180. The molecule has 0 N–H and O–H groups in total. The molecular weight excluding hydrogens is 332 g/mol. The molecule has 3 rings (SSSR count). The zero-order valence-electron chi connectivity index (χ0n) is 15.3. The fourth-order valence-electron chi connectivity index (χ4n) is 3.70. The van der Waals surface area contributed by atoms with Crippen LogP contribution in [0.5, 0.6) is 0 Å². The second-order valence-corrected chi connectivity index (χ2v) is 8.26. The summed E-state index contributed by atoms with van der Waals surface area (Å²) >= 11 is 1.62. The van der Waals surface area contributed by atoms with Gasteiger partial charge in [-0.15, -0.1) is 11.8 Å². The van der Waals surface area contributed by atoms with Crippen LogP contribution in [0.2, 0.25) is 0 Å². The number of thioether (sulfide) groups is 1. The third-order valence-corrected chi connectivity index (χ3v) is 6.49. The Morgan fingerprint density at radius 1 is 1.04 bits per heavy atom. The zero-order chi connectivity index (χ0) is 17.8. The van der Waals surface area contributed by atoms with Crippen molar-refractivity contribution in [1.29, 1.82) is 0 Å². The molecule has 2 aliphatic rings.